The first-order valence-corrected chi connectivity index (χ1v) is 10.5. The van der Waals surface area contributed by atoms with Crippen LogP contribution in [-0.2, 0) is 7.05 Å². The molecule has 0 N–H and O–H groups in total. The number of piperidine rings is 1. The summed E-state index contributed by atoms with van der Waals surface area (Å²) in [6, 6.07) is 7.88. The Hall–Kier alpha value is -2.81. The highest BCUT2D eigenvalue weighted by atomic mass is 79.9. The van der Waals surface area contributed by atoms with Crippen LogP contribution >= 0.6 is 16.1 Å². The normalized spacial score (nSPS) is 16.5. The van der Waals surface area contributed by atoms with Crippen LogP contribution in [0.25, 0.3) is 11.1 Å². The van der Waals surface area contributed by atoms with Gasteiger partial charge in [0.25, 0.3) is 5.91 Å². The van der Waals surface area contributed by atoms with E-state index in [0.717, 1.165) is 24.8 Å². The number of aryl methyl sites for hydroxylation is 1. The minimum atomic E-state index is -0.313. The molecule has 1 aliphatic rings. The zero-order chi connectivity index (χ0) is 21.1. The van der Waals surface area contributed by atoms with E-state index in [9.17, 15) is 9.18 Å². The molecule has 0 spiro atoms. The highest BCUT2D eigenvalue weighted by Gasteiger charge is 2.32. The van der Waals surface area contributed by atoms with Crippen LogP contribution in [0.1, 0.15) is 29.8 Å². The molecular weight excluding hydrogens is 451 g/mol. The summed E-state index contributed by atoms with van der Waals surface area (Å²) < 4.78 is 16.8. The number of rotatable bonds is 5. The Balaban J connectivity index is 1.59. The second kappa shape index (κ2) is 8.91. The van der Waals surface area contributed by atoms with Gasteiger partial charge in [0.2, 0.25) is 5.95 Å². The van der Waals surface area contributed by atoms with Crippen molar-refractivity contribution >= 4 is 28.0 Å². The summed E-state index contributed by atoms with van der Waals surface area (Å²) in [5, 5.41) is 4.44. The second-order valence-electron chi connectivity index (χ2n) is 7.31. The van der Waals surface area contributed by atoms with Gasteiger partial charge in [-0.3, -0.25) is 13.4 Å². The smallest absolute Gasteiger partial charge is 0.275 e. The summed E-state index contributed by atoms with van der Waals surface area (Å²) in [5.74, 6) is 0.127. The molecule has 7 nitrogen and oxygen atoms in total. The molecular formula is C21H22BrFN6O. The van der Waals surface area contributed by atoms with E-state index in [4.69, 9.17) is 0 Å². The van der Waals surface area contributed by atoms with Gasteiger partial charge in [-0.2, -0.15) is 5.10 Å². The number of hydrogen-bond acceptors (Lipinski definition) is 5. The largest absolute Gasteiger partial charge is 0.332 e. The molecule has 0 unspecified atom stereocenters. The summed E-state index contributed by atoms with van der Waals surface area (Å²) in [5.41, 5.74) is 1.85. The van der Waals surface area contributed by atoms with Crippen LogP contribution < -0.4 is 3.93 Å². The molecule has 156 valence electrons. The van der Waals surface area contributed by atoms with Crippen molar-refractivity contribution in [3.05, 3.63) is 60.4 Å². The number of halogens is 2. The van der Waals surface area contributed by atoms with Crippen molar-refractivity contribution in [2.75, 3.05) is 17.0 Å². The Labute approximate surface area is 182 Å². The molecule has 30 heavy (non-hydrogen) atoms. The summed E-state index contributed by atoms with van der Waals surface area (Å²) in [6.45, 7) is 1.23. The number of carbonyl (C=O) groups is 1. The van der Waals surface area contributed by atoms with Gasteiger partial charge < -0.3 is 4.90 Å². The molecule has 1 fully saturated rings. The molecule has 9 heteroatoms. The molecule has 0 saturated carbocycles. The van der Waals surface area contributed by atoms with Gasteiger partial charge in [-0.15, -0.1) is 0 Å². The average Bonchev–Trinajstić information content (AvgIpc) is 3.16. The third-order valence-corrected chi connectivity index (χ3v) is 5.82. The maximum absolute atomic E-state index is 13.5. The highest BCUT2D eigenvalue weighted by Crippen LogP contribution is 2.28. The Morgan fingerprint density at radius 2 is 1.97 bits per heavy atom. The van der Waals surface area contributed by atoms with Gasteiger partial charge >= 0.3 is 0 Å². The number of nitrogens with zero attached hydrogens (tertiary/aromatic N) is 6. The molecule has 3 heterocycles. The molecule has 1 saturated heterocycles. The van der Waals surface area contributed by atoms with Gasteiger partial charge in [-0.1, -0.05) is 12.1 Å². The fourth-order valence-corrected chi connectivity index (χ4v) is 4.28. The van der Waals surface area contributed by atoms with Crippen molar-refractivity contribution in [3.8, 4) is 11.1 Å². The number of amides is 1. The van der Waals surface area contributed by atoms with E-state index in [1.165, 1.54) is 12.1 Å². The third kappa shape index (κ3) is 4.35. The lowest BCUT2D eigenvalue weighted by molar-refractivity contribution is 0.0619. The number of likely N-dealkylation sites (tertiary alicyclic amines) is 1. The molecule has 3 aromatic rings. The minimum absolute atomic E-state index is 0.00231. The van der Waals surface area contributed by atoms with Crippen molar-refractivity contribution in [1.82, 2.24) is 24.6 Å². The summed E-state index contributed by atoms with van der Waals surface area (Å²) in [7, 11) is 1.78. The number of benzene rings is 1. The number of carbonyl (C=O) groups excluding carboxylic acids is 1. The second-order valence-corrected chi connectivity index (χ2v) is 8.17. The van der Waals surface area contributed by atoms with Crippen LogP contribution in [0, 0.1) is 5.82 Å². The van der Waals surface area contributed by atoms with Gasteiger partial charge in [0.1, 0.15) is 5.82 Å². The van der Waals surface area contributed by atoms with Gasteiger partial charge in [0, 0.05) is 37.7 Å². The molecule has 0 radical (unpaired) electrons. The molecule has 0 bridgehead atoms. The predicted octanol–water partition coefficient (Wildman–Crippen LogP) is 3.83. The van der Waals surface area contributed by atoms with Crippen molar-refractivity contribution < 1.29 is 9.18 Å². The number of hydrogen-bond donors (Lipinski definition) is 0. The molecule has 1 aliphatic heterocycles. The molecule has 2 aromatic heterocycles. The Kier molecular flexibility index (Phi) is 6.08. The maximum atomic E-state index is 13.5. The third-order valence-electron chi connectivity index (χ3n) is 5.21. The van der Waals surface area contributed by atoms with Crippen LogP contribution in [0.4, 0.5) is 10.3 Å². The van der Waals surface area contributed by atoms with Gasteiger partial charge in [0.15, 0.2) is 5.69 Å². The summed E-state index contributed by atoms with van der Waals surface area (Å²) in [4.78, 5) is 23.9. The molecule has 1 aromatic carbocycles. The van der Waals surface area contributed by atoms with Crippen LogP contribution in [-0.4, -0.2) is 49.7 Å². The van der Waals surface area contributed by atoms with E-state index in [2.05, 4.69) is 31.2 Å². The first kappa shape index (κ1) is 20.5. The lowest BCUT2D eigenvalue weighted by Crippen LogP contribution is -2.48. The molecule has 1 atom stereocenters. The zero-order valence-electron chi connectivity index (χ0n) is 16.6. The maximum Gasteiger partial charge on any atom is 0.275 e. The van der Waals surface area contributed by atoms with Crippen LogP contribution in [0.5, 0.6) is 0 Å². The van der Waals surface area contributed by atoms with E-state index in [0.29, 0.717) is 30.3 Å². The highest BCUT2D eigenvalue weighted by molar-refractivity contribution is 9.10. The van der Waals surface area contributed by atoms with Gasteiger partial charge in [0.05, 0.1) is 28.7 Å². The van der Waals surface area contributed by atoms with Crippen molar-refractivity contribution in [2.45, 2.75) is 25.3 Å². The quantitative estimate of drug-likeness (QED) is 0.527. The zero-order valence-corrected chi connectivity index (χ0v) is 18.2. The van der Waals surface area contributed by atoms with E-state index >= 15 is 0 Å². The first-order valence-electron chi connectivity index (χ1n) is 9.84. The first-order chi connectivity index (χ1) is 14.5. The van der Waals surface area contributed by atoms with Crippen molar-refractivity contribution in [1.29, 1.82) is 0 Å². The number of aromatic nitrogens is 4. The fraction of sp³-hybridized carbons (Fsp3) is 0.333. The SMILES string of the molecule is Cn1cc(-c2ccc(F)cc2)c(C(=O)N2CCCC[C@H]2CN(Br)c2ncccn2)n1. The summed E-state index contributed by atoms with van der Waals surface area (Å²) >= 11 is 3.53. The number of anilines is 1. The Morgan fingerprint density at radius 1 is 1.23 bits per heavy atom. The molecule has 4 rings (SSSR count). The van der Waals surface area contributed by atoms with Gasteiger partial charge in [-0.25, -0.2) is 14.4 Å². The van der Waals surface area contributed by atoms with E-state index in [1.54, 1.807) is 52.4 Å². The fourth-order valence-electron chi connectivity index (χ4n) is 3.76. The van der Waals surface area contributed by atoms with Crippen LogP contribution in [0.15, 0.2) is 48.9 Å². The topological polar surface area (TPSA) is 67.2 Å². The van der Waals surface area contributed by atoms with Crippen LogP contribution in [0.2, 0.25) is 0 Å². The van der Waals surface area contributed by atoms with E-state index in [1.807, 2.05) is 4.90 Å². The predicted molar refractivity (Wildman–Crippen MR) is 116 cm³/mol. The average molecular weight is 473 g/mol. The summed E-state index contributed by atoms with van der Waals surface area (Å²) in [6.07, 6.45) is 8.06. The van der Waals surface area contributed by atoms with Crippen LogP contribution in [0.3, 0.4) is 0 Å². The van der Waals surface area contributed by atoms with Crippen molar-refractivity contribution in [2.24, 2.45) is 7.05 Å². The van der Waals surface area contributed by atoms with E-state index in [-0.39, 0.29) is 17.8 Å². The lowest BCUT2D eigenvalue weighted by atomic mass is 10.00. The standard InChI is InChI=1S/C21H22BrFN6O/c1-27-14-18(15-6-8-16(23)9-7-15)19(26-27)20(30)28-12-3-2-5-17(28)13-29(22)21-24-10-4-11-25-21/h4,6-11,14,17H,2-3,5,12-13H2,1H3/t17-/m0/s1. The minimum Gasteiger partial charge on any atom is -0.332 e. The van der Waals surface area contributed by atoms with E-state index < -0.39 is 0 Å². The Morgan fingerprint density at radius 3 is 2.70 bits per heavy atom. The Bertz CT molecular complexity index is 1010. The lowest BCUT2D eigenvalue weighted by Gasteiger charge is -2.37. The van der Waals surface area contributed by atoms with Gasteiger partial charge in [-0.05, 0) is 43.0 Å². The van der Waals surface area contributed by atoms with Crippen molar-refractivity contribution in [3.63, 3.8) is 0 Å². The monoisotopic (exact) mass is 472 g/mol. The molecule has 1 amide bonds. The molecule has 0 aliphatic carbocycles.